The van der Waals surface area contributed by atoms with E-state index in [1.165, 1.54) is 0 Å². The Morgan fingerprint density at radius 2 is 0.353 bits per heavy atom. The van der Waals surface area contributed by atoms with E-state index in [9.17, 15) is 33.7 Å². The summed E-state index contributed by atoms with van der Waals surface area (Å²) in [6.07, 6.45) is 15.6. The maximum absolute atomic E-state index is 14.2. The molecule has 8 aromatic carbocycles. The lowest BCUT2D eigenvalue weighted by molar-refractivity contribution is 0.414. The molecule has 0 bridgehead atoms. The van der Waals surface area contributed by atoms with Crippen LogP contribution in [0.1, 0.15) is 117 Å². The van der Waals surface area contributed by atoms with E-state index in [4.69, 9.17) is 37.9 Å². The van der Waals surface area contributed by atoms with Crippen LogP contribution in [0.15, 0.2) is 315 Å². The van der Waals surface area contributed by atoms with Crippen molar-refractivity contribution < 1.29 is 71.6 Å². The van der Waals surface area contributed by atoms with Crippen molar-refractivity contribution in [2.75, 3.05) is 56.9 Å². The predicted octanol–water partition coefficient (Wildman–Crippen LogP) is 24.6. The molecule has 4 aromatic heterocycles. The minimum Gasteiger partial charge on any atom is -0.497 e. The molecule has 24 heteroatoms. The first-order chi connectivity index (χ1) is 65.5. The van der Waals surface area contributed by atoms with Crippen LogP contribution in [-0.2, 0) is 116 Å². The van der Waals surface area contributed by atoms with Gasteiger partial charge in [0.25, 0.3) is 0 Å². The predicted molar refractivity (Wildman–Crippen MR) is 568 cm³/mol. The molecule has 0 saturated carbocycles. The van der Waals surface area contributed by atoms with Crippen LogP contribution in [0.3, 0.4) is 0 Å². The van der Waals surface area contributed by atoms with E-state index in [0.717, 1.165) is 110 Å². The number of hydrogen-bond donors (Lipinski definition) is 0. The molecule has 0 radical (unpaired) electrons. The summed E-state index contributed by atoms with van der Waals surface area (Å²) >= 11 is 6.45. The zero-order valence-electron chi connectivity index (χ0n) is 80.6. The van der Waals surface area contributed by atoms with Gasteiger partial charge in [-0.05, 0) is 314 Å². The smallest absolute Gasteiger partial charge is 0.157 e. The van der Waals surface area contributed by atoms with E-state index in [-0.39, 0.29) is 23.7 Å². The summed E-state index contributed by atoms with van der Waals surface area (Å²) in [5.41, 5.74) is 7.85. The fourth-order valence-corrected chi connectivity index (χ4v) is 30.7. The van der Waals surface area contributed by atoms with Crippen LogP contribution in [0, 0.1) is 23.7 Å². The van der Waals surface area contributed by atoms with Crippen molar-refractivity contribution in [3.63, 3.8) is 0 Å². The van der Waals surface area contributed by atoms with Crippen molar-refractivity contribution >= 4 is 84.7 Å². The summed E-state index contributed by atoms with van der Waals surface area (Å²) in [5.74, 6) is 5.95. The molecular weight excluding hydrogens is 1860 g/mol. The molecule has 16 nitrogen and oxygen atoms in total. The topological polar surface area (TPSA) is 210 Å². The first-order valence-corrected chi connectivity index (χ1v) is 55.9. The van der Waals surface area contributed by atoms with Gasteiger partial charge in [0.05, 0.1) is 98.9 Å². The maximum Gasteiger partial charge on any atom is 0.157 e. The van der Waals surface area contributed by atoms with Crippen molar-refractivity contribution in [1.29, 1.82) is 0 Å². The SMILES string of the molecule is C=CC[C@@H](C)[C@@H](Cc1cccs1)S(=O)(=O)C(Cc1ccc(OC)cc1)Cc1ccc(OC)cc1.C=CC[C@@H](C)[C@H](Cc1cccs1)S(=O)(=O)C(Cc1ccc(OC)cc1)Cc1ccc(OC)cc1.C=CC[C@H](C)[C@@H](Cc1cccs1)S(=O)(=O)C(Cc1ccc(OC)cc1)Cc1ccc(OC)cc1.C=CC[C@H](C)[C@H](Cc1cccs1)S(=O)(=O)C(Cc1ccc(OC)cc1)Cc1ccc(OC)cc1. The molecular formula is C112H136O16S8. The van der Waals surface area contributed by atoms with Gasteiger partial charge in [-0.25, -0.2) is 33.7 Å². The number of thiophene rings is 4. The summed E-state index contributed by atoms with van der Waals surface area (Å²) in [6, 6.07) is 77.5. The number of sulfone groups is 4. The Morgan fingerprint density at radius 1 is 0.221 bits per heavy atom. The van der Waals surface area contributed by atoms with E-state index < -0.39 is 81.3 Å². The third-order valence-corrected chi connectivity index (χ3v) is 39.7. The van der Waals surface area contributed by atoms with E-state index in [2.05, 4.69) is 26.3 Å². The fraction of sp³-hybridized carbons (Fsp3) is 0.357. The van der Waals surface area contributed by atoms with E-state index in [1.54, 1.807) is 102 Å². The molecule has 728 valence electrons. The molecule has 0 aliphatic heterocycles. The number of benzene rings is 8. The standard InChI is InChI=1S/4C28H34O4S2/c4*1-5-7-21(2)28(20-26-8-6-17-33-26)34(29,30)27(18-22-9-13-24(31-3)14-10-22)19-23-11-15-25(32-4)16-12-23/h4*5-6,8-17,21,27-28H,1,7,18-20H2,2-4H3/t2*21-,28+;2*21-,28-/m1010/s1. The Bertz CT molecular complexity index is 5020. The Kier molecular flexibility index (Phi) is 44.5. The molecule has 12 aromatic rings. The molecule has 4 heterocycles. The van der Waals surface area contributed by atoms with Crippen molar-refractivity contribution in [2.45, 2.75) is 172 Å². The molecule has 0 N–H and O–H groups in total. The van der Waals surface area contributed by atoms with Crippen LogP contribution in [-0.4, -0.2) is 133 Å². The molecule has 0 spiro atoms. The number of rotatable bonds is 52. The van der Waals surface area contributed by atoms with Crippen molar-refractivity contribution in [2.24, 2.45) is 23.7 Å². The minimum absolute atomic E-state index is 0.0289. The Labute approximate surface area is 827 Å². The zero-order valence-corrected chi connectivity index (χ0v) is 87.1. The molecule has 0 aliphatic rings. The van der Waals surface area contributed by atoms with Gasteiger partial charge in [0.2, 0.25) is 0 Å². The number of ether oxygens (including phenoxy) is 8. The third kappa shape index (κ3) is 33.0. The molecule has 0 amide bonds. The highest BCUT2D eigenvalue weighted by molar-refractivity contribution is 7.93. The monoisotopic (exact) mass is 1990 g/mol. The highest BCUT2D eigenvalue weighted by Gasteiger charge is 2.42. The van der Waals surface area contributed by atoms with Crippen LogP contribution in [0.25, 0.3) is 0 Å². The van der Waals surface area contributed by atoms with Crippen LogP contribution in [0.4, 0.5) is 0 Å². The van der Waals surface area contributed by atoms with Gasteiger partial charge in [-0.2, -0.15) is 0 Å². The van der Waals surface area contributed by atoms with E-state index >= 15 is 0 Å². The molecule has 0 unspecified atom stereocenters. The fourth-order valence-electron chi connectivity index (χ4n) is 17.1. The first kappa shape index (κ1) is 109. The van der Waals surface area contributed by atoms with Gasteiger partial charge in [-0.1, -0.05) is 173 Å². The van der Waals surface area contributed by atoms with Gasteiger partial charge in [0.1, 0.15) is 46.0 Å². The number of allylic oxidation sites excluding steroid dienone is 4. The summed E-state index contributed by atoms with van der Waals surface area (Å²) in [7, 11) is -0.951. The molecule has 136 heavy (non-hydrogen) atoms. The first-order valence-electron chi connectivity index (χ1n) is 46.0. The maximum atomic E-state index is 14.2. The lowest BCUT2D eigenvalue weighted by Crippen LogP contribution is -2.40. The van der Waals surface area contributed by atoms with Crippen LogP contribution < -0.4 is 37.9 Å². The number of methoxy groups -OCH3 is 8. The van der Waals surface area contributed by atoms with Crippen LogP contribution in [0.5, 0.6) is 46.0 Å². The Balaban J connectivity index is 0.000000203. The molecule has 0 aliphatic carbocycles. The normalized spacial score (nSPS) is 13.4. The van der Waals surface area contributed by atoms with Crippen molar-refractivity contribution in [3.05, 3.63) is 379 Å². The Morgan fingerprint density at radius 3 is 0.456 bits per heavy atom. The summed E-state index contributed by atoms with van der Waals surface area (Å²) in [4.78, 5) is 4.38. The van der Waals surface area contributed by atoms with Gasteiger partial charge >= 0.3 is 0 Å². The van der Waals surface area contributed by atoms with E-state index in [1.807, 2.05) is 316 Å². The lowest BCUT2D eigenvalue weighted by atomic mass is 10.0. The largest absolute Gasteiger partial charge is 0.497 e. The molecule has 0 fully saturated rings. The minimum atomic E-state index is -3.49. The summed E-state index contributed by atoms with van der Waals surface area (Å²) in [6.45, 7) is 23.5. The van der Waals surface area contributed by atoms with Gasteiger partial charge in [0.15, 0.2) is 39.3 Å². The van der Waals surface area contributed by atoms with Crippen LogP contribution in [0.2, 0.25) is 0 Å². The summed E-state index contributed by atoms with van der Waals surface area (Å²) < 4.78 is 156. The van der Waals surface area contributed by atoms with Gasteiger partial charge in [0, 0.05) is 19.5 Å². The average Bonchev–Trinajstić information content (AvgIpc) is 1.25. The molecule has 8 atom stereocenters. The number of hydrogen-bond acceptors (Lipinski definition) is 20. The second-order valence-electron chi connectivity index (χ2n) is 34.6. The second kappa shape index (κ2) is 55.3. The Hall–Kier alpha value is -10.3. The second-order valence-corrected chi connectivity index (χ2v) is 48.5. The van der Waals surface area contributed by atoms with E-state index in [0.29, 0.717) is 103 Å². The zero-order chi connectivity index (χ0) is 98.2. The van der Waals surface area contributed by atoms with Crippen molar-refractivity contribution in [1.82, 2.24) is 0 Å². The van der Waals surface area contributed by atoms with Crippen molar-refractivity contribution in [3.8, 4) is 46.0 Å². The van der Waals surface area contributed by atoms with Gasteiger partial charge < -0.3 is 37.9 Å². The quantitative estimate of drug-likeness (QED) is 0.0324. The lowest BCUT2D eigenvalue weighted by Gasteiger charge is -2.28. The average molecular weight is 1990 g/mol. The van der Waals surface area contributed by atoms with Gasteiger partial charge in [-0.3, -0.25) is 0 Å². The highest BCUT2D eigenvalue weighted by Crippen LogP contribution is 2.37. The molecule has 12 rings (SSSR count). The molecule has 0 saturated heterocycles. The third-order valence-electron chi connectivity index (χ3n) is 25.1. The van der Waals surface area contributed by atoms with Gasteiger partial charge in [-0.15, -0.1) is 71.7 Å². The highest BCUT2D eigenvalue weighted by atomic mass is 32.2. The summed E-state index contributed by atoms with van der Waals surface area (Å²) in [5, 5.41) is 3.89. The van der Waals surface area contributed by atoms with Crippen LogP contribution >= 0.6 is 45.3 Å².